The van der Waals surface area contributed by atoms with Crippen LogP contribution in [0.15, 0.2) is 42.5 Å². The van der Waals surface area contributed by atoms with Crippen molar-refractivity contribution in [3.8, 4) is 0 Å². The second-order valence-corrected chi connectivity index (χ2v) is 9.48. The molecular formula is C25H33N3O4. The number of carbonyl (C=O) groups excluding carboxylic acids is 4. The van der Waals surface area contributed by atoms with Crippen LogP contribution in [0.1, 0.15) is 51.9 Å². The van der Waals surface area contributed by atoms with Gasteiger partial charge in [-0.15, -0.1) is 0 Å². The van der Waals surface area contributed by atoms with Crippen molar-refractivity contribution in [2.75, 3.05) is 0 Å². The molecule has 0 spiro atoms. The molecule has 2 aromatic rings. The van der Waals surface area contributed by atoms with Crippen molar-refractivity contribution in [3.63, 3.8) is 0 Å². The molecule has 172 valence electrons. The molecule has 0 aromatic heterocycles. The minimum atomic E-state index is -0.872. The number of amides is 3. The van der Waals surface area contributed by atoms with E-state index in [1.165, 1.54) is 0 Å². The zero-order valence-corrected chi connectivity index (χ0v) is 19.6. The maximum absolute atomic E-state index is 13.0. The van der Waals surface area contributed by atoms with E-state index in [1.54, 1.807) is 19.1 Å². The van der Waals surface area contributed by atoms with E-state index in [0.29, 0.717) is 11.8 Å². The topological polar surface area (TPSA) is 104 Å². The molecule has 3 amide bonds. The summed E-state index contributed by atoms with van der Waals surface area (Å²) >= 11 is 0. The number of benzene rings is 2. The summed E-state index contributed by atoms with van der Waals surface area (Å²) in [5.41, 5.74) is -0.155. The Morgan fingerprint density at radius 1 is 0.844 bits per heavy atom. The summed E-state index contributed by atoms with van der Waals surface area (Å²) in [4.78, 5) is 49.5. The van der Waals surface area contributed by atoms with Crippen LogP contribution in [-0.4, -0.2) is 42.1 Å². The number of rotatable bonds is 8. The molecule has 0 fully saturated rings. The molecule has 0 unspecified atom stereocenters. The number of fused-ring (bicyclic) bond motifs is 1. The van der Waals surface area contributed by atoms with Crippen molar-refractivity contribution in [1.82, 2.24) is 16.0 Å². The molecule has 7 heteroatoms. The van der Waals surface area contributed by atoms with E-state index in [9.17, 15) is 19.2 Å². The van der Waals surface area contributed by atoms with Crippen molar-refractivity contribution >= 4 is 34.8 Å². The molecule has 2 rings (SSSR count). The van der Waals surface area contributed by atoms with E-state index in [4.69, 9.17) is 0 Å². The lowest BCUT2D eigenvalue weighted by Gasteiger charge is -2.31. The maximum Gasteiger partial charge on any atom is 0.251 e. The number of nitrogens with one attached hydrogen (secondary N) is 3. The zero-order chi connectivity index (χ0) is 24.1. The Morgan fingerprint density at radius 3 is 2.03 bits per heavy atom. The lowest BCUT2D eigenvalue weighted by atomic mass is 9.85. The average molecular weight is 440 g/mol. The van der Waals surface area contributed by atoms with E-state index in [1.807, 2.05) is 65.0 Å². The van der Waals surface area contributed by atoms with E-state index < -0.39 is 35.4 Å². The Bertz CT molecular complexity index is 994. The predicted molar refractivity (Wildman–Crippen MR) is 125 cm³/mol. The fraction of sp³-hybridized carbons (Fsp3) is 0.440. The average Bonchev–Trinajstić information content (AvgIpc) is 2.73. The highest BCUT2D eigenvalue weighted by atomic mass is 16.2. The van der Waals surface area contributed by atoms with Crippen LogP contribution < -0.4 is 16.0 Å². The van der Waals surface area contributed by atoms with Gasteiger partial charge in [-0.3, -0.25) is 14.4 Å². The molecule has 32 heavy (non-hydrogen) atoms. The molecule has 7 nitrogen and oxygen atoms in total. The van der Waals surface area contributed by atoms with Crippen LogP contribution in [0.3, 0.4) is 0 Å². The summed E-state index contributed by atoms with van der Waals surface area (Å²) in [5, 5.41) is 10.0. The second-order valence-electron chi connectivity index (χ2n) is 9.48. The molecule has 0 aliphatic rings. The van der Waals surface area contributed by atoms with E-state index in [2.05, 4.69) is 16.0 Å². The highest BCUT2D eigenvalue weighted by Gasteiger charge is 2.34. The summed E-state index contributed by atoms with van der Waals surface area (Å²) in [6.45, 7) is 10.7. The maximum atomic E-state index is 13.0. The van der Waals surface area contributed by atoms with Gasteiger partial charge >= 0.3 is 0 Å². The molecular weight excluding hydrogens is 406 g/mol. The van der Waals surface area contributed by atoms with E-state index in [-0.39, 0.29) is 11.8 Å². The third-order valence-electron chi connectivity index (χ3n) is 5.34. The van der Waals surface area contributed by atoms with Gasteiger partial charge in [-0.2, -0.15) is 0 Å². The van der Waals surface area contributed by atoms with Crippen LogP contribution in [0.5, 0.6) is 0 Å². The summed E-state index contributed by atoms with van der Waals surface area (Å²) < 4.78 is 0. The van der Waals surface area contributed by atoms with Crippen molar-refractivity contribution in [1.29, 1.82) is 0 Å². The quantitative estimate of drug-likeness (QED) is 0.550. The van der Waals surface area contributed by atoms with Gasteiger partial charge in [0.05, 0.1) is 6.04 Å². The zero-order valence-electron chi connectivity index (χ0n) is 19.6. The largest absolute Gasteiger partial charge is 0.345 e. The Hall–Kier alpha value is -3.22. The van der Waals surface area contributed by atoms with Gasteiger partial charge in [0.1, 0.15) is 18.4 Å². The van der Waals surface area contributed by atoms with Gasteiger partial charge in [-0.05, 0) is 41.2 Å². The second kappa shape index (κ2) is 10.4. The van der Waals surface area contributed by atoms with Crippen LogP contribution >= 0.6 is 0 Å². The first-order valence-electron chi connectivity index (χ1n) is 10.8. The van der Waals surface area contributed by atoms with Crippen LogP contribution in [0.2, 0.25) is 0 Å². The number of carbonyl (C=O) groups is 4. The van der Waals surface area contributed by atoms with Crippen molar-refractivity contribution in [2.45, 2.75) is 59.7 Å². The van der Waals surface area contributed by atoms with Crippen molar-refractivity contribution in [3.05, 3.63) is 48.0 Å². The van der Waals surface area contributed by atoms with Crippen LogP contribution in [0, 0.1) is 11.3 Å². The molecule has 2 aromatic carbocycles. The molecule has 3 atom stereocenters. The van der Waals surface area contributed by atoms with E-state index in [0.717, 1.165) is 10.8 Å². The molecule has 0 radical (unpaired) electrons. The lowest BCUT2D eigenvalue weighted by molar-refractivity contribution is -0.131. The summed E-state index contributed by atoms with van der Waals surface area (Å²) in [6.07, 6.45) is 0.679. The predicted octanol–water partition coefficient (Wildman–Crippen LogP) is 2.83. The Labute approximate surface area is 189 Å². The summed E-state index contributed by atoms with van der Waals surface area (Å²) in [7, 11) is 0. The third kappa shape index (κ3) is 6.39. The van der Waals surface area contributed by atoms with Gasteiger partial charge in [0.25, 0.3) is 5.91 Å². The Morgan fingerprint density at radius 2 is 1.47 bits per heavy atom. The van der Waals surface area contributed by atoms with E-state index >= 15 is 0 Å². The van der Waals surface area contributed by atoms with Gasteiger partial charge in [-0.1, -0.05) is 65.0 Å². The highest BCUT2D eigenvalue weighted by molar-refractivity contribution is 6.01. The molecule has 0 heterocycles. The third-order valence-corrected chi connectivity index (χ3v) is 5.34. The molecule has 0 bridgehead atoms. The lowest BCUT2D eigenvalue weighted by Crippen LogP contribution is -2.58. The van der Waals surface area contributed by atoms with Gasteiger partial charge in [0, 0.05) is 5.56 Å². The van der Waals surface area contributed by atoms with Gasteiger partial charge in [0.15, 0.2) is 0 Å². The number of aldehydes is 1. The first kappa shape index (κ1) is 25.0. The molecule has 0 saturated carbocycles. The van der Waals surface area contributed by atoms with Gasteiger partial charge in [-0.25, -0.2) is 0 Å². The minimum absolute atomic E-state index is 0.0667. The van der Waals surface area contributed by atoms with Gasteiger partial charge in [0.2, 0.25) is 11.8 Å². The smallest absolute Gasteiger partial charge is 0.251 e. The van der Waals surface area contributed by atoms with Crippen LogP contribution in [-0.2, 0) is 14.4 Å². The Balaban J connectivity index is 2.13. The normalized spacial score (nSPS) is 14.3. The molecule has 3 N–H and O–H groups in total. The molecule has 0 saturated heterocycles. The first-order chi connectivity index (χ1) is 14.9. The number of hydrogen-bond donors (Lipinski definition) is 3. The van der Waals surface area contributed by atoms with Crippen molar-refractivity contribution < 1.29 is 19.2 Å². The number of hydrogen-bond acceptors (Lipinski definition) is 4. The summed E-state index contributed by atoms with van der Waals surface area (Å²) in [6, 6.07) is 10.7. The standard InChI is InChI=1S/C25H33N3O4/c1-15(2)20(14-29)27-22(30)16(3)26-24(32)21(25(4,5)6)28-23(31)19-12-11-17-9-7-8-10-18(17)13-19/h7-16,20-21H,1-6H3,(H,26,32)(H,27,30)(H,28,31)/t16-,20+,21+/m0/s1. The summed E-state index contributed by atoms with van der Waals surface area (Å²) in [5.74, 6) is -1.37. The monoisotopic (exact) mass is 439 g/mol. The van der Waals surface area contributed by atoms with Crippen LogP contribution in [0.4, 0.5) is 0 Å². The van der Waals surface area contributed by atoms with Crippen LogP contribution in [0.25, 0.3) is 10.8 Å². The van der Waals surface area contributed by atoms with Gasteiger partial charge < -0.3 is 20.7 Å². The van der Waals surface area contributed by atoms with Crippen molar-refractivity contribution in [2.24, 2.45) is 11.3 Å². The SMILES string of the molecule is CC(C)[C@@H](C=O)NC(=O)[C@H](C)NC(=O)[C@@H](NC(=O)c1ccc2ccccc2c1)C(C)(C)C. The first-order valence-corrected chi connectivity index (χ1v) is 10.8. The molecule has 0 aliphatic heterocycles. The molecule has 0 aliphatic carbocycles. The fourth-order valence-corrected chi connectivity index (χ4v) is 3.23. The highest BCUT2D eigenvalue weighted by Crippen LogP contribution is 2.21. The minimum Gasteiger partial charge on any atom is -0.345 e. The fourth-order valence-electron chi connectivity index (χ4n) is 3.23. The Kier molecular flexibility index (Phi) is 8.14.